The maximum absolute atomic E-state index is 12.3. The lowest BCUT2D eigenvalue weighted by atomic mass is 9.90. The number of alkyl halides is 1. The van der Waals surface area contributed by atoms with Gasteiger partial charge in [0, 0.05) is 23.8 Å². The molecule has 0 aliphatic rings. The Bertz CT molecular complexity index is 642. The number of aryl methyl sites for hydroxylation is 1. The zero-order chi connectivity index (χ0) is 15.6. The molecule has 1 atom stereocenters. The highest BCUT2D eigenvalue weighted by Gasteiger charge is 2.19. The molecule has 0 saturated heterocycles. The molecule has 4 nitrogen and oxygen atoms in total. The highest BCUT2D eigenvalue weighted by Crippen LogP contribution is 2.24. The molecule has 0 radical (unpaired) electrons. The van der Waals surface area contributed by atoms with Crippen LogP contribution in [0.3, 0.4) is 0 Å². The average Bonchev–Trinajstić information content (AvgIpc) is 2.72. The van der Waals surface area contributed by atoms with Crippen molar-refractivity contribution in [2.24, 2.45) is 12.5 Å². The van der Waals surface area contributed by atoms with Gasteiger partial charge in [0.25, 0.3) is 5.91 Å². The van der Waals surface area contributed by atoms with Crippen LogP contribution >= 0.6 is 15.9 Å². The standard InChI is InChI=1S/C16H22BrN3O/c1-16(2,3)9-11(17)10-18-15(21)14-12-7-5-6-8-13(12)20(4)19-14/h5-8,11H,9-10H2,1-4H3,(H,18,21). The SMILES string of the molecule is Cn1nc(C(=O)NCC(Br)CC(C)(C)C)c2ccccc21. The highest BCUT2D eigenvalue weighted by atomic mass is 79.9. The third kappa shape index (κ3) is 4.06. The number of para-hydroxylation sites is 1. The molecule has 0 aliphatic carbocycles. The van der Waals surface area contributed by atoms with E-state index in [1.54, 1.807) is 4.68 Å². The fourth-order valence-corrected chi connectivity index (χ4v) is 3.54. The summed E-state index contributed by atoms with van der Waals surface area (Å²) in [5.74, 6) is -0.120. The van der Waals surface area contributed by atoms with Crippen LogP contribution in [0.15, 0.2) is 24.3 Å². The maximum Gasteiger partial charge on any atom is 0.272 e. The summed E-state index contributed by atoms with van der Waals surface area (Å²) in [5, 5.41) is 8.19. The number of nitrogens with zero attached hydrogens (tertiary/aromatic N) is 2. The first kappa shape index (κ1) is 16.0. The molecular weight excluding hydrogens is 330 g/mol. The minimum absolute atomic E-state index is 0.120. The second kappa shape index (κ2) is 6.18. The van der Waals surface area contributed by atoms with Crippen molar-refractivity contribution in [3.8, 4) is 0 Å². The van der Waals surface area contributed by atoms with E-state index in [1.807, 2.05) is 31.3 Å². The summed E-state index contributed by atoms with van der Waals surface area (Å²) in [6, 6.07) is 7.77. The molecule has 1 N–H and O–H groups in total. The number of carbonyl (C=O) groups is 1. The van der Waals surface area contributed by atoms with Gasteiger partial charge in [0.1, 0.15) is 0 Å². The number of rotatable bonds is 4. The summed E-state index contributed by atoms with van der Waals surface area (Å²) in [6.07, 6.45) is 0.996. The van der Waals surface area contributed by atoms with Gasteiger partial charge < -0.3 is 5.32 Å². The number of benzene rings is 1. The van der Waals surface area contributed by atoms with E-state index in [1.165, 1.54) is 0 Å². The lowest BCUT2D eigenvalue weighted by molar-refractivity contribution is 0.0948. The van der Waals surface area contributed by atoms with Crippen LogP contribution in [0.1, 0.15) is 37.7 Å². The van der Waals surface area contributed by atoms with E-state index in [-0.39, 0.29) is 16.1 Å². The fraction of sp³-hybridized carbons (Fsp3) is 0.500. The van der Waals surface area contributed by atoms with Crippen LogP contribution in [0.25, 0.3) is 10.9 Å². The van der Waals surface area contributed by atoms with Crippen molar-refractivity contribution in [2.75, 3.05) is 6.54 Å². The van der Waals surface area contributed by atoms with Crippen molar-refractivity contribution < 1.29 is 4.79 Å². The van der Waals surface area contributed by atoms with Crippen LogP contribution in [0.5, 0.6) is 0 Å². The molecule has 0 saturated carbocycles. The fourth-order valence-electron chi connectivity index (χ4n) is 2.41. The Balaban J connectivity index is 2.06. The van der Waals surface area contributed by atoms with Gasteiger partial charge in [0.2, 0.25) is 0 Å². The topological polar surface area (TPSA) is 46.9 Å². The average molecular weight is 352 g/mol. The molecule has 114 valence electrons. The van der Waals surface area contributed by atoms with E-state index >= 15 is 0 Å². The third-order valence-corrected chi connectivity index (χ3v) is 3.94. The Morgan fingerprint density at radius 3 is 2.71 bits per heavy atom. The Kier molecular flexibility index (Phi) is 4.71. The van der Waals surface area contributed by atoms with E-state index < -0.39 is 0 Å². The van der Waals surface area contributed by atoms with E-state index in [0.29, 0.717) is 12.2 Å². The van der Waals surface area contributed by atoms with Gasteiger partial charge in [-0.3, -0.25) is 9.48 Å². The van der Waals surface area contributed by atoms with Crippen LogP contribution in [-0.4, -0.2) is 27.1 Å². The molecule has 0 fully saturated rings. The summed E-state index contributed by atoms with van der Waals surface area (Å²) >= 11 is 3.63. The first-order valence-electron chi connectivity index (χ1n) is 7.12. The van der Waals surface area contributed by atoms with E-state index in [9.17, 15) is 4.79 Å². The second-order valence-corrected chi connectivity index (χ2v) is 7.86. The number of hydrogen-bond acceptors (Lipinski definition) is 2. The van der Waals surface area contributed by atoms with Crippen molar-refractivity contribution in [3.63, 3.8) is 0 Å². The van der Waals surface area contributed by atoms with Gasteiger partial charge in [-0.15, -0.1) is 0 Å². The van der Waals surface area contributed by atoms with Gasteiger partial charge in [-0.25, -0.2) is 0 Å². The van der Waals surface area contributed by atoms with Crippen LogP contribution in [0.2, 0.25) is 0 Å². The normalized spacial score (nSPS) is 13.4. The zero-order valence-corrected chi connectivity index (χ0v) is 14.6. The van der Waals surface area contributed by atoms with E-state index in [4.69, 9.17) is 0 Å². The first-order chi connectivity index (χ1) is 9.78. The Morgan fingerprint density at radius 2 is 2.05 bits per heavy atom. The molecular formula is C16H22BrN3O. The first-order valence-corrected chi connectivity index (χ1v) is 8.03. The molecule has 1 aromatic heterocycles. The number of carbonyl (C=O) groups excluding carboxylic acids is 1. The summed E-state index contributed by atoms with van der Waals surface area (Å²) < 4.78 is 1.74. The van der Waals surface area contributed by atoms with Crippen molar-refractivity contribution in [2.45, 2.75) is 32.0 Å². The van der Waals surface area contributed by atoms with Gasteiger partial charge in [-0.2, -0.15) is 5.10 Å². The van der Waals surface area contributed by atoms with Crippen LogP contribution in [0.4, 0.5) is 0 Å². The van der Waals surface area contributed by atoms with E-state index in [0.717, 1.165) is 17.3 Å². The summed E-state index contributed by atoms with van der Waals surface area (Å²) in [7, 11) is 1.85. The molecule has 2 rings (SSSR count). The number of fused-ring (bicyclic) bond motifs is 1. The van der Waals surface area contributed by atoms with Crippen LogP contribution in [0, 0.1) is 5.41 Å². The Labute approximate surface area is 134 Å². The van der Waals surface area contributed by atoms with Crippen molar-refractivity contribution in [1.82, 2.24) is 15.1 Å². The lowest BCUT2D eigenvalue weighted by Crippen LogP contribution is -2.31. The molecule has 0 bridgehead atoms. The minimum atomic E-state index is -0.120. The minimum Gasteiger partial charge on any atom is -0.349 e. The molecule has 2 aromatic rings. The largest absolute Gasteiger partial charge is 0.349 e. The predicted octanol–water partition coefficient (Wildman–Crippen LogP) is 3.50. The van der Waals surface area contributed by atoms with Gasteiger partial charge in [0.05, 0.1) is 5.52 Å². The number of aromatic nitrogens is 2. The highest BCUT2D eigenvalue weighted by molar-refractivity contribution is 9.09. The van der Waals surface area contributed by atoms with Crippen LogP contribution in [-0.2, 0) is 7.05 Å². The number of amides is 1. The number of nitrogens with one attached hydrogen (secondary N) is 1. The molecule has 1 heterocycles. The van der Waals surface area contributed by atoms with Crippen molar-refractivity contribution in [1.29, 1.82) is 0 Å². The van der Waals surface area contributed by atoms with Gasteiger partial charge >= 0.3 is 0 Å². The Morgan fingerprint density at radius 1 is 1.38 bits per heavy atom. The second-order valence-electron chi connectivity index (χ2n) is 6.56. The zero-order valence-electron chi connectivity index (χ0n) is 13.0. The van der Waals surface area contributed by atoms with Crippen LogP contribution < -0.4 is 5.32 Å². The summed E-state index contributed by atoms with van der Waals surface area (Å²) in [5.41, 5.74) is 1.69. The third-order valence-electron chi connectivity index (χ3n) is 3.29. The number of halogens is 1. The van der Waals surface area contributed by atoms with Gasteiger partial charge in [0.15, 0.2) is 5.69 Å². The van der Waals surface area contributed by atoms with Crippen molar-refractivity contribution >= 4 is 32.7 Å². The summed E-state index contributed by atoms with van der Waals surface area (Å²) in [4.78, 5) is 12.6. The Hall–Kier alpha value is -1.36. The smallest absolute Gasteiger partial charge is 0.272 e. The molecule has 1 amide bonds. The van der Waals surface area contributed by atoms with Crippen molar-refractivity contribution in [3.05, 3.63) is 30.0 Å². The molecule has 5 heteroatoms. The quantitative estimate of drug-likeness (QED) is 0.856. The van der Waals surface area contributed by atoms with E-state index in [2.05, 4.69) is 47.1 Å². The summed E-state index contributed by atoms with van der Waals surface area (Å²) in [6.45, 7) is 7.17. The number of hydrogen-bond donors (Lipinski definition) is 1. The molecule has 1 aromatic carbocycles. The predicted molar refractivity (Wildman–Crippen MR) is 89.8 cm³/mol. The van der Waals surface area contributed by atoms with Gasteiger partial charge in [-0.1, -0.05) is 54.9 Å². The maximum atomic E-state index is 12.3. The molecule has 0 spiro atoms. The molecule has 1 unspecified atom stereocenters. The lowest BCUT2D eigenvalue weighted by Gasteiger charge is -2.22. The molecule has 21 heavy (non-hydrogen) atoms. The van der Waals surface area contributed by atoms with Gasteiger partial charge in [-0.05, 0) is 17.9 Å². The molecule has 0 aliphatic heterocycles. The monoisotopic (exact) mass is 351 g/mol.